The number of nitrogens with zero attached hydrogens (tertiary/aromatic N) is 2. The van der Waals surface area contributed by atoms with Gasteiger partial charge in [-0.25, -0.2) is 10.2 Å². The van der Waals surface area contributed by atoms with Crippen molar-refractivity contribution < 1.29 is 0 Å². The van der Waals surface area contributed by atoms with E-state index in [2.05, 4.69) is 27.5 Å². The Morgan fingerprint density at radius 2 is 2.10 bits per heavy atom. The van der Waals surface area contributed by atoms with E-state index in [1.807, 2.05) is 12.1 Å². The van der Waals surface area contributed by atoms with Gasteiger partial charge >= 0.3 is 0 Å². The summed E-state index contributed by atoms with van der Waals surface area (Å²) in [6.45, 7) is 3.50. The first-order valence-electron chi connectivity index (χ1n) is 2.43. The topological polar surface area (TPSA) is 62.7 Å². The zero-order valence-electron chi connectivity index (χ0n) is 5.16. The Labute approximate surface area is 67.6 Å². The summed E-state index contributed by atoms with van der Waals surface area (Å²) in [6, 6.07) is 5.41. The minimum absolute atomic E-state index is 0.541. The Morgan fingerprint density at radius 1 is 1.50 bits per heavy atom. The second-order valence-electron chi connectivity index (χ2n) is 1.39. The van der Waals surface area contributed by atoms with Crippen LogP contribution in [-0.2, 0) is 0 Å². The highest BCUT2D eigenvalue weighted by atomic mass is 79.9. The van der Waals surface area contributed by atoms with Crippen molar-refractivity contribution >= 4 is 21.7 Å². The molecule has 0 radical (unpaired) electrons. The molecule has 4 heteroatoms. The maximum atomic E-state index is 6.50. The first-order chi connectivity index (χ1) is 4.79. The van der Waals surface area contributed by atoms with E-state index in [9.17, 15) is 0 Å². The van der Waals surface area contributed by atoms with E-state index >= 15 is 0 Å². The van der Waals surface area contributed by atoms with Gasteiger partial charge in [-0.3, -0.25) is 0 Å². The summed E-state index contributed by atoms with van der Waals surface area (Å²) < 4.78 is 0.775. The predicted molar refractivity (Wildman–Crippen MR) is 43.0 cm³/mol. The van der Waals surface area contributed by atoms with Gasteiger partial charge < -0.3 is 5.73 Å². The van der Waals surface area contributed by atoms with Gasteiger partial charge in [0, 0.05) is 6.57 Å². The molecular formula is C6H6BrN3. The van der Waals surface area contributed by atoms with Crippen LogP contribution in [0.15, 0.2) is 22.8 Å². The molecule has 10 heavy (non-hydrogen) atoms. The number of anilines is 1. The van der Waals surface area contributed by atoms with E-state index in [1.54, 1.807) is 6.07 Å². The summed E-state index contributed by atoms with van der Waals surface area (Å²) in [5, 5.41) is 6.50. The summed E-state index contributed by atoms with van der Waals surface area (Å²) in [7, 11) is 0. The summed E-state index contributed by atoms with van der Waals surface area (Å²) in [5.74, 6) is 0.541. The molecular weight excluding hydrogens is 194 g/mol. The van der Waals surface area contributed by atoms with Crippen LogP contribution in [0.5, 0.6) is 0 Å². The van der Waals surface area contributed by atoms with Crippen LogP contribution < -0.4 is 5.73 Å². The summed E-state index contributed by atoms with van der Waals surface area (Å²) in [6.07, 6.45) is 0. The van der Waals surface area contributed by atoms with Gasteiger partial charge in [0.25, 0.3) is 0 Å². The standard InChI is InChI=1S/C5H5BrN2.CHN/c6-4-2-1-3-5(7)8-4;1-2/h1-3H,(H2,7,8);1H. The van der Waals surface area contributed by atoms with Crippen LogP contribution in [0.1, 0.15) is 0 Å². The zero-order valence-corrected chi connectivity index (χ0v) is 6.75. The average molecular weight is 200 g/mol. The molecule has 0 amide bonds. The fourth-order valence-electron chi connectivity index (χ4n) is 0.424. The highest BCUT2D eigenvalue weighted by Crippen LogP contribution is 2.05. The Morgan fingerprint density at radius 3 is 2.40 bits per heavy atom. The highest BCUT2D eigenvalue weighted by molar-refractivity contribution is 9.10. The number of halogens is 1. The minimum Gasteiger partial charge on any atom is -0.384 e. The summed E-state index contributed by atoms with van der Waals surface area (Å²) in [5.41, 5.74) is 5.32. The average Bonchev–Trinajstić information content (AvgIpc) is 1.91. The normalized spacial score (nSPS) is 7.50. The molecule has 52 valence electrons. The SMILES string of the molecule is C#N.Nc1cccc(Br)n1. The lowest BCUT2D eigenvalue weighted by atomic mass is 10.5. The van der Waals surface area contributed by atoms with Crippen LogP contribution in [-0.4, -0.2) is 4.98 Å². The van der Waals surface area contributed by atoms with Gasteiger partial charge in [-0.1, -0.05) is 6.07 Å². The van der Waals surface area contributed by atoms with E-state index in [1.165, 1.54) is 0 Å². The smallest absolute Gasteiger partial charge is 0.124 e. The maximum Gasteiger partial charge on any atom is 0.124 e. The number of nitrogens with two attached hydrogens (primary N) is 1. The fraction of sp³-hybridized carbons (Fsp3) is 0. The van der Waals surface area contributed by atoms with E-state index in [4.69, 9.17) is 11.0 Å². The molecule has 3 nitrogen and oxygen atoms in total. The number of pyridine rings is 1. The van der Waals surface area contributed by atoms with Crippen molar-refractivity contribution in [1.29, 1.82) is 5.26 Å². The van der Waals surface area contributed by atoms with Crippen LogP contribution in [0.3, 0.4) is 0 Å². The molecule has 0 spiro atoms. The zero-order chi connectivity index (χ0) is 7.98. The van der Waals surface area contributed by atoms with Crippen LogP contribution in [0.2, 0.25) is 0 Å². The van der Waals surface area contributed by atoms with Crippen molar-refractivity contribution in [3.63, 3.8) is 0 Å². The molecule has 1 rings (SSSR count). The number of nitriles is 1. The molecule has 0 aliphatic rings. The molecule has 0 aliphatic heterocycles. The van der Waals surface area contributed by atoms with Crippen LogP contribution in [0.25, 0.3) is 0 Å². The van der Waals surface area contributed by atoms with E-state index in [0.29, 0.717) is 5.82 Å². The largest absolute Gasteiger partial charge is 0.384 e. The number of rotatable bonds is 0. The number of nitrogen functional groups attached to an aromatic ring is 1. The molecule has 1 heterocycles. The Kier molecular flexibility index (Phi) is 4.25. The van der Waals surface area contributed by atoms with Crippen molar-refractivity contribution in [3.05, 3.63) is 22.8 Å². The third-order valence-corrected chi connectivity index (χ3v) is 1.18. The lowest BCUT2D eigenvalue weighted by Crippen LogP contribution is -1.87. The van der Waals surface area contributed by atoms with Crippen LogP contribution in [0, 0.1) is 11.8 Å². The summed E-state index contributed by atoms with van der Waals surface area (Å²) in [4.78, 5) is 3.87. The Balaban J connectivity index is 0.000000371. The molecule has 1 aromatic rings. The van der Waals surface area contributed by atoms with E-state index in [0.717, 1.165) is 4.60 Å². The quantitative estimate of drug-likeness (QED) is 0.646. The molecule has 0 aliphatic carbocycles. The number of aromatic nitrogens is 1. The minimum atomic E-state index is 0.541. The summed E-state index contributed by atoms with van der Waals surface area (Å²) >= 11 is 3.17. The Hall–Kier alpha value is -1.08. The van der Waals surface area contributed by atoms with Gasteiger partial charge in [-0.15, -0.1) is 0 Å². The first kappa shape index (κ1) is 8.92. The fourth-order valence-corrected chi connectivity index (χ4v) is 0.781. The molecule has 0 fully saturated rings. The van der Waals surface area contributed by atoms with Crippen molar-refractivity contribution in [3.8, 4) is 6.57 Å². The van der Waals surface area contributed by atoms with Crippen molar-refractivity contribution in [2.24, 2.45) is 0 Å². The van der Waals surface area contributed by atoms with Crippen molar-refractivity contribution in [2.45, 2.75) is 0 Å². The highest BCUT2D eigenvalue weighted by Gasteiger charge is 1.84. The van der Waals surface area contributed by atoms with Gasteiger partial charge in [-0.05, 0) is 28.1 Å². The van der Waals surface area contributed by atoms with Gasteiger partial charge in [-0.2, -0.15) is 0 Å². The molecule has 0 saturated heterocycles. The second-order valence-corrected chi connectivity index (χ2v) is 2.20. The van der Waals surface area contributed by atoms with Gasteiger partial charge in [0.05, 0.1) is 0 Å². The molecule has 1 aromatic heterocycles. The predicted octanol–water partition coefficient (Wildman–Crippen LogP) is 1.57. The lowest BCUT2D eigenvalue weighted by molar-refractivity contribution is 1.29. The van der Waals surface area contributed by atoms with Crippen molar-refractivity contribution in [1.82, 2.24) is 4.98 Å². The molecule has 0 saturated carbocycles. The monoisotopic (exact) mass is 199 g/mol. The van der Waals surface area contributed by atoms with Crippen LogP contribution in [0.4, 0.5) is 5.82 Å². The number of hydrogen-bond acceptors (Lipinski definition) is 3. The third-order valence-electron chi connectivity index (χ3n) is 0.737. The number of hydrogen-bond donors (Lipinski definition) is 1. The lowest BCUT2D eigenvalue weighted by Gasteiger charge is -1.88. The van der Waals surface area contributed by atoms with E-state index < -0.39 is 0 Å². The molecule has 0 unspecified atom stereocenters. The molecule has 0 atom stereocenters. The Bertz CT molecular complexity index is 204. The molecule has 0 bridgehead atoms. The van der Waals surface area contributed by atoms with Gasteiger partial charge in [0.2, 0.25) is 0 Å². The maximum absolute atomic E-state index is 6.50. The van der Waals surface area contributed by atoms with E-state index in [-0.39, 0.29) is 0 Å². The third kappa shape index (κ3) is 3.05. The molecule has 0 aromatic carbocycles. The van der Waals surface area contributed by atoms with Gasteiger partial charge in [0.15, 0.2) is 0 Å². The van der Waals surface area contributed by atoms with Gasteiger partial charge in [0.1, 0.15) is 10.4 Å². The first-order valence-corrected chi connectivity index (χ1v) is 3.22. The molecule has 2 N–H and O–H groups in total. The van der Waals surface area contributed by atoms with Crippen molar-refractivity contribution in [2.75, 3.05) is 5.73 Å². The van der Waals surface area contributed by atoms with Crippen LogP contribution >= 0.6 is 15.9 Å². The second kappa shape index (κ2) is 4.77.